The van der Waals surface area contributed by atoms with Crippen LogP contribution < -0.4 is 5.32 Å². The minimum atomic E-state index is -0.434. The molecule has 1 unspecified atom stereocenters. The molecule has 0 aliphatic carbocycles. The van der Waals surface area contributed by atoms with E-state index in [2.05, 4.69) is 5.32 Å². The molecule has 0 aromatic heterocycles. The van der Waals surface area contributed by atoms with Crippen LogP contribution in [0.15, 0.2) is 6.07 Å². The zero-order valence-electron chi connectivity index (χ0n) is 9.74. The Balaban J connectivity index is 2.26. The molecule has 1 aliphatic heterocycles. The Morgan fingerprint density at radius 3 is 2.69 bits per heavy atom. The van der Waals surface area contributed by atoms with Crippen molar-refractivity contribution in [3.05, 3.63) is 34.4 Å². The zero-order valence-corrected chi connectivity index (χ0v) is 9.74. The van der Waals surface area contributed by atoms with Gasteiger partial charge in [-0.3, -0.25) is 0 Å². The molecule has 1 saturated heterocycles. The van der Waals surface area contributed by atoms with Crippen LogP contribution in [0.5, 0.6) is 0 Å². The molecule has 16 heavy (non-hydrogen) atoms. The molecule has 88 valence electrons. The van der Waals surface area contributed by atoms with Crippen LogP contribution in [0.2, 0.25) is 0 Å². The summed E-state index contributed by atoms with van der Waals surface area (Å²) in [4.78, 5) is 0. The van der Waals surface area contributed by atoms with Crippen LogP contribution in [-0.2, 0) is 6.42 Å². The number of hydrogen-bond donors (Lipinski definition) is 1. The van der Waals surface area contributed by atoms with E-state index in [0.717, 1.165) is 31.4 Å². The molecule has 0 saturated carbocycles. The van der Waals surface area contributed by atoms with Gasteiger partial charge < -0.3 is 5.32 Å². The van der Waals surface area contributed by atoms with Crippen LogP contribution in [0.3, 0.4) is 0 Å². The van der Waals surface area contributed by atoms with Crippen LogP contribution in [0.4, 0.5) is 8.78 Å². The van der Waals surface area contributed by atoms with E-state index in [4.69, 9.17) is 0 Å². The van der Waals surface area contributed by atoms with Gasteiger partial charge in [-0.2, -0.15) is 0 Å². The number of nitrogens with one attached hydrogen (secondary N) is 1. The zero-order chi connectivity index (χ0) is 11.7. The van der Waals surface area contributed by atoms with Crippen molar-refractivity contribution in [2.45, 2.75) is 39.2 Å². The van der Waals surface area contributed by atoms with Gasteiger partial charge in [0.1, 0.15) is 11.6 Å². The quantitative estimate of drug-likeness (QED) is 0.816. The maximum absolute atomic E-state index is 13.7. The number of rotatable bonds is 2. The average Bonchev–Trinajstić information content (AvgIpc) is 2.76. The molecule has 1 nitrogen and oxygen atoms in total. The topological polar surface area (TPSA) is 12.0 Å². The molecular weight excluding hydrogens is 208 g/mol. The van der Waals surface area contributed by atoms with E-state index in [-0.39, 0.29) is 5.56 Å². The van der Waals surface area contributed by atoms with Gasteiger partial charge in [0.15, 0.2) is 0 Å². The SMILES string of the molecule is Cc1c(F)cc(CC2CCCN2)c(C)c1F. The van der Waals surface area contributed by atoms with Gasteiger partial charge in [-0.1, -0.05) is 0 Å². The highest BCUT2D eigenvalue weighted by atomic mass is 19.1. The summed E-state index contributed by atoms with van der Waals surface area (Å²) in [6.45, 7) is 4.22. The third-order valence-electron chi connectivity index (χ3n) is 3.43. The number of hydrogen-bond acceptors (Lipinski definition) is 1. The van der Waals surface area contributed by atoms with Gasteiger partial charge in [-0.25, -0.2) is 8.78 Å². The first-order chi connectivity index (χ1) is 7.59. The maximum Gasteiger partial charge on any atom is 0.132 e. The molecule has 0 bridgehead atoms. The molecule has 1 aromatic carbocycles. The van der Waals surface area contributed by atoms with Gasteiger partial charge in [0.05, 0.1) is 0 Å². The molecular formula is C13H17F2N. The highest BCUT2D eigenvalue weighted by molar-refractivity contribution is 5.34. The lowest BCUT2D eigenvalue weighted by molar-refractivity contribution is 0.547. The minimum absolute atomic E-state index is 0.126. The van der Waals surface area contributed by atoms with E-state index in [9.17, 15) is 8.78 Å². The average molecular weight is 225 g/mol. The Labute approximate surface area is 94.9 Å². The lowest BCUT2D eigenvalue weighted by Gasteiger charge is -2.14. The normalized spacial score (nSPS) is 20.4. The first-order valence-corrected chi connectivity index (χ1v) is 5.77. The summed E-state index contributed by atoms with van der Waals surface area (Å²) in [5, 5.41) is 3.34. The first kappa shape index (κ1) is 11.5. The summed E-state index contributed by atoms with van der Waals surface area (Å²) in [5.74, 6) is -0.830. The van der Waals surface area contributed by atoms with E-state index >= 15 is 0 Å². The van der Waals surface area contributed by atoms with Gasteiger partial charge in [0.2, 0.25) is 0 Å². The van der Waals surface area contributed by atoms with Crippen molar-refractivity contribution < 1.29 is 8.78 Å². The Morgan fingerprint density at radius 1 is 1.31 bits per heavy atom. The Kier molecular flexibility index (Phi) is 3.24. The Bertz CT molecular complexity index is 395. The summed E-state index contributed by atoms with van der Waals surface area (Å²) >= 11 is 0. The molecule has 0 amide bonds. The fraction of sp³-hybridized carbons (Fsp3) is 0.538. The van der Waals surface area contributed by atoms with Gasteiger partial charge in [-0.05, 0) is 56.8 Å². The van der Waals surface area contributed by atoms with Crippen LogP contribution >= 0.6 is 0 Å². The third kappa shape index (κ3) is 2.09. The summed E-state index contributed by atoms with van der Waals surface area (Å²) in [6.07, 6.45) is 2.97. The van der Waals surface area contributed by atoms with Crippen LogP contribution in [-0.4, -0.2) is 12.6 Å². The van der Waals surface area contributed by atoms with Crippen molar-refractivity contribution in [1.29, 1.82) is 0 Å². The standard InChI is InChI=1S/C13H17F2N/c1-8-10(6-11-4-3-5-16-11)7-12(14)9(2)13(8)15/h7,11,16H,3-6H2,1-2H3. The first-order valence-electron chi connectivity index (χ1n) is 5.77. The smallest absolute Gasteiger partial charge is 0.132 e. The molecule has 1 aromatic rings. The van der Waals surface area contributed by atoms with E-state index in [0.29, 0.717) is 11.6 Å². The predicted octanol–water partition coefficient (Wildman–Crippen LogP) is 2.88. The van der Waals surface area contributed by atoms with Gasteiger partial charge in [0.25, 0.3) is 0 Å². The number of halogens is 2. The van der Waals surface area contributed by atoms with Crippen LogP contribution in [0.25, 0.3) is 0 Å². The van der Waals surface area contributed by atoms with Crippen molar-refractivity contribution in [3.8, 4) is 0 Å². The molecule has 1 aliphatic rings. The largest absolute Gasteiger partial charge is 0.314 e. The van der Waals surface area contributed by atoms with Crippen molar-refractivity contribution in [3.63, 3.8) is 0 Å². The highest BCUT2D eigenvalue weighted by Gasteiger charge is 2.18. The summed E-state index contributed by atoms with van der Waals surface area (Å²) < 4.78 is 27.1. The van der Waals surface area contributed by atoms with Gasteiger partial charge in [0, 0.05) is 11.6 Å². The lowest BCUT2D eigenvalue weighted by Crippen LogP contribution is -2.24. The molecule has 0 radical (unpaired) electrons. The number of benzene rings is 1. The van der Waals surface area contributed by atoms with Crippen molar-refractivity contribution in [1.82, 2.24) is 5.32 Å². The highest BCUT2D eigenvalue weighted by Crippen LogP contribution is 2.22. The molecule has 3 heteroatoms. The molecule has 1 fully saturated rings. The van der Waals surface area contributed by atoms with E-state index in [1.165, 1.54) is 13.0 Å². The third-order valence-corrected chi connectivity index (χ3v) is 3.43. The molecule has 1 N–H and O–H groups in total. The van der Waals surface area contributed by atoms with Gasteiger partial charge >= 0.3 is 0 Å². The van der Waals surface area contributed by atoms with Crippen molar-refractivity contribution in [2.24, 2.45) is 0 Å². The fourth-order valence-electron chi connectivity index (χ4n) is 2.30. The lowest BCUT2D eigenvalue weighted by atomic mass is 9.97. The molecule has 1 atom stereocenters. The molecule has 1 heterocycles. The van der Waals surface area contributed by atoms with E-state index in [1.54, 1.807) is 6.92 Å². The minimum Gasteiger partial charge on any atom is -0.314 e. The van der Waals surface area contributed by atoms with E-state index in [1.807, 2.05) is 0 Å². The van der Waals surface area contributed by atoms with Gasteiger partial charge in [-0.15, -0.1) is 0 Å². The predicted molar refractivity (Wildman–Crippen MR) is 60.6 cm³/mol. The Hall–Kier alpha value is -0.960. The van der Waals surface area contributed by atoms with Crippen LogP contribution in [0, 0.1) is 25.5 Å². The fourth-order valence-corrected chi connectivity index (χ4v) is 2.30. The second kappa shape index (κ2) is 4.50. The molecule has 0 spiro atoms. The summed E-state index contributed by atoms with van der Waals surface area (Å²) in [5.41, 5.74) is 1.51. The van der Waals surface area contributed by atoms with Crippen molar-refractivity contribution >= 4 is 0 Å². The molecule has 2 rings (SSSR count). The second-order valence-corrected chi connectivity index (χ2v) is 4.58. The van der Waals surface area contributed by atoms with Crippen LogP contribution in [0.1, 0.15) is 29.5 Å². The Morgan fingerprint density at radius 2 is 2.06 bits per heavy atom. The maximum atomic E-state index is 13.7. The second-order valence-electron chi connectivity index (χ2n) is 4.58. The summed E-state index contributed by atoms with van der Waals surface area (Å²) in [7, 11) is 0. The summed E-state index contributed by atoms with van der Waals surface area (Å²) in [6, 6.07) is 1.86. The van der Waals surface area contributed by atoms with E-state index < -0.39 is 11.6 Å². The monoisotopic (exact) mass is 225 g/mol. The van der Waals surface area contributed by atoms with Crippen molar-refractivity contribution in [2.75, 3.05) is 6.54 Å².